The molecule has 0 spiro atoms. The topological polar surface area (TPSA) is 42.0 Å². The monoisotopic (exact) mass is 330 g/mol. The average molecular weight is 330 g/mol. The molecule has 1 aromatic heterocycles. The van der Waals surface area contributed by atoms with E-state index in [0.717, 1.165) is 17.1 Å². The van der Waals surface area contributed by atoms with Crippen LogP contribution in [0.3, 0.4) is 0 Å². The Hall–Kier alpha value is -2.60. The highest BCUT2D eigenvalue weighted by atomic mass is 32.1. The zero-order valence-electron chi connectivity index (χ0n) is 12.1. The van der Waals surface area contributed by atoms with Crippen molar-refractivity contribution in [1.82, 2.24) is 4.98 Å². The van der Waals surface area contributed by atoms with E-state index in [1.165, 1.54) is 17.4 Å². The number of rotatable bonds is 3. The number of amides is 1. The number of thiazole rings is 1. The summed E-state index contributed by atoms with van der Waals surface area (Å²) in [7, 11) is 0. The summed E-state index contributed by atoms with van der Waals surface area (Å²) in [6.45, 7) is 1.88. The van der Waals surface area contributed by atoms with E-state index >= 15 is 0 Å². The molecule has 3 nitrogen and oxygen atoms in total. The largest absolute Gasteiger partial charge is 0.321 e. The quantitative estimate of drug-likeness (QED) is 0.759. The Bertz CT molecular complexity index is 856. The Balaban J connectivity index is 1.96. The van der Waals surface area contributed by atoms with Gasteiger partial charge in [-0.2, -0.15) is 0 Å². The van der Waals surface area contributed by atoms with Crippen molar-refractivity contribution in [2.45, 2.75) is 6.92 Å². The van der Waals surface area contributed by atoms with Gasteiger partial charge in [0.15, 0.2) is 0 Å². The lowest BCUT2D eigenvalue weighted by Gasteiger charge is -2.10. The van der Waals surface area contributed by atoms with Gasteiger partial charge >= 0.3 is 0 Å². The molecule has 0 aliphatic heterocycles. The molecule has 116 valence electrons. The first-order valence-electron chi connectivity index (χ1n) is 6.83. The molecule has 3 rings (SSSR count). The van der Waals surface area contributed by atoms with E-state index in [4.69, 9.17) is 0 Å². The smallest absolute Gasteiger partial charge is 0.261 e. The predicted molar refractivity (Wildman–Crippen MR) is 86.6 cm³/mol. The Morgan fingerprint density at radius 2 is 1.78 bits per heavy atom. The molecule has 1 amide bonds. The fraction of sp³-hybridized carbons (Fsp3) is 0.0588. The summed E-state index contributed by atoms with van der Waals surface area (Å²) in [6.07, 6.45) is 0. The molecule has 23 heavy (non-hydrogen) atoms. The SMILES string of the molecule is Cc1nc(-c2ccccc2NC(=O)c2c(F)cccc2F)cs1. The number of aromatic nitrogens is 1. The maximum atomic E-state index is 13.7. The molecule has 0 saturated carbocycles. The summed E-state index contributed by atoms with van der Waals surface area (Å²) < 4.78 is 27.4. The van der Waals surface area contributed by atoms with Crippen LogP contribution in [0.15, 0.2) is 47.8 Å². The van der Waals surface area contributed by atoms with Gasteiger partial charge in [0.1, 0.15) is 17.2 Å². The minimum absolute atomic E-state index is 0.449. The lowest BCUT2D eigenvalue weighted by atomic mass is 10.1. The lowest BCUT2D eigenvalue weighted by molar-refractivity contribution is 0.101. The van der Waals surface area contributed by atoms with Crippen molar-refractivity contribution in [2.75, 3.05) is 5.32 Å². The van der Waals surface area contributed by atoms with Crippen LogP contribution in [0, 0.1) is 18.6 Å². The number of aryl methyl sites for hydroxylation is 1. The summed E-state index contributed by atoms with van der Waals surface area (Å²) in [4.78, 5) is 16.6. The van der Waals surface area contributed by atoms with Gasteiger partial charge in [0.05, 0.1) is 16.4 Å². The standard InChI is InChI=1S/C17H12F2N2OS/c1-10-20-15(9-23-10)11-5-2-3-8-14(11)21-17(22)16-12(18)6-4-7-13(16)19/h2-9H,1H3,(H,21,22). The minimum Gasteiger partial charge on any atom is -0.321 e. The first-order chi connectivity index (χ1) is 11.1. The first kappa shape index (κ1) is 15.3. The van der Waals surface area contributed by atoms with Gasteiger partial charge in [-0.05, 0) is 25.1 Å². The van der Waals surface area contributed by atoms with Crippen LogP contribution in [-0.2, 0) is 0 Å². The lowest BCUT2D eigenvalue weighted by Crippen LogP contribution is -2.16. The number of nitrogens with one attached hydrogen (secondary N) is 1. The van der Waals surface area contributed by atoms with Gasteiger partial charge in [-0.25, -0.2) is 13.8 Å². The molecule has 0 aliphatic rings. The molecule has 1 N–H and O–H groups in total. The van der Waals surface area contributed by atoms with Gasteiger partial charge < -0.3 is 5.32 Å². The molecule has 6 heteroatoms. The van der Waals surface area contributed by atoms with Crippen molar-refractivity contribution < 1.29 is 13.6 Å². The third-order valence-electron chi connectivity index (χ3n) is 3.26. The van der Waals surface area contributed by atoms with Gasteiger partial charge in [0.2, 0.25) is 0 Å². The van der Waals surface area contributed by atoms with Crippen molar-refractivity contribution in [3.63, 3.8) is 0 Å². The summed E-state index contributed by atoms with van der Waals surface area (Å²) in [5.74, 6) is -2.63. The van der Waals surface area contributed by atoms with Crippen LogP contribution in [0.4, 0.5) is 14.5 Å². The molecule has 0 atom stereocenters. The molecular weight excluding hydrogens is 318 g/mol. The molecule has 2 aromatic carbocycles. The second-order valence-corrected chi connectivity index (χ2v) is 5.91. The van der Waals surface area contributed by atoms with E-state index in [0.29, 0.717) is 16.9 Å². The summed E-state index contributed by atoms with van der Waals surface area (Å²) in [5.41, 5.74) is 1.25. The molecule has 0 radical (unpaired) electrons. The Labute approximate surface area is 135 Å². The number of carbonyl (C=O) groups excluding carboxylic acids is 1. The number of hydrogen-bond donors (Lipinski definition) is 1. The van der Waals surface area contributed by atoms with Crippen LogP contribution >= 0.6 is 11.3 Å². The molecule has 0 aliphatic carbocycles. The second kappa shape index (κ2) is 6.26. The number of nitrogens with zero attached hydrogens (tertiary/aromatic N) is 1. The van der Waals surface area contributed by atoms with Crippen LogP contribution < -0.4 is 5.32 Å². The van der Waals surface area contributed by atoms with Gasteiger partial charge in [-0.1, -0.05) is 24.3 Å². The highest BCUT2D eigenvalue weighted by Crippen LogP contribution is 2.29. The minimum atomic E-state index is -0.899. The number of halogens is 2. The van der Waals surface area contributed by atoms with E-state index in [1.54, 1.807) is 18.2 Å². The summed E-state index contributed by atoms with van der Waals surface area (Å²) >= 11 is 1.48. The van der Waals surface area contributed by atoms with Crippen LogP contribution in [-0.4, -0.2) is 10.9 Å². The van der Waals surface area contributed by atoms with E-state index in [-0.39, 0.29) is 0 Å². The normalized spacial score (nSPS) is 10.6. The van der Waals surface area contributed by atoms with E-state index in [9.17, 15) is 13.6 Å². The van der Waals surface area contributed by atoms with Crippen molar-refractivity contribution in [3.05, 3.63) is 70.1 Å². The molecule has 1 heterocycles. The predicted octanol–water partition coefficient (Wildman–Crippen LogP) is 4.65. The van der Waals surface area contributed by atoms with Gasteiger partial charge in [-0.15, -0.1) is 11.3 Å². The molecule has 0 saturated heterocycles. The average Bonchev–Trinajstić information content (AvgIpc) is 2.94. The number of anilines is 1. The van der Waals surface area contributed by atoms with Gasteiger partial charge in [0, 0.05) is 10.9 Å². The fourth-order valence-electron chi connectivity index (χ4n) is 2.20. The van der Waals surface area contributed by atoms with E-state index < -0.39 is 23.1 Å². The number of carbonyl (C=O) groups is 1. The summed E-state index contributed by atoms with van der Waals surface area (Å²) in [5, 5.41) is 5.32. The van der Waals surface area contributed by atoms with E-state index in [2.05, 4.69) is 10.3 Å². The second-order valence-electron chi connectivity index (χ2n) is 4.85. The zero-order chi connectivity index (χ0) is 16.4. The summed E-state index contributed by atoms with van der Waals surface area (Å²) in [6, 6.07) is 10.3. The number of benzene rings is 2. The molecule has 0 unspecified atom stereocenters. The van der Waals surface area contributed by atoms with Crippen LogP contribution in [0.1, 0.15) is 15.4 Å². The van der Waals surface area contributed by atoms with Gasteiger partial charge in [-0.3, -0.25) is 4.79 Å². The third-order valence-corrected chi connectivity index (χ3v) is 4.03. The highest BCUT2D eigenvalue weighted by molar-refractivity contribution is 7.09. The van der Waals surface area contributed by atoms with Crippen LogP contribution in [0.5, 0.6) is 0 Å². The van der Waals surface area contributed by atoms with Crippen molar-refractivity contribution in [3.8, 4) is 11.3 Å². The first-order valence-corrected chi connectivity index (χ1v) is 7.71. The molecule has 3 aromatic rings. The molecule has 0 fully saturated rings. The number of hydrogen-bond acceptors (Lipinski definition) is 3. The third kappa shape index (κ3) is 3.12. The zero-order valence-corrected chi connectivity index (χ0v) is 13.0. The Morgan fingerprint density at radius 3 is 2.43 bits per heavy atom. The Morgan fingerprint density at radius 1 is 1.09 bits per heavy atom. The van der Waals surface area contributed by atoms with E-state index in [1.807, 2.05) is 18.4 Å². The molecular formula is C17H12F2N2OS. The number of para-hydroxylation sites is 1. The van der Waals surface area contributed by atoms with Crippen LogP contribution in [0.2, 0.25) is 0 Å². The van der Waals surface area contributed by atoms with Crippen molar-refractivity contribution in [2.24, 2.45) is 0 Å². The molecule has 0 bridgehead atoms. The van der Waals surface area contributed by atoms with Crippen LogP contribution in [0.25, 0.3) is 11.3 Å². The maximum Gasteiger partial charge on any atom is 0.261 e. The van der Waals surface area contributed by atoms with Gasteiger partial charge in [0.25, 0.3) is 5.91 Å². The van der Waals surface area contributed by atoms with Crippen molar-refractivity contribution >= 4 is 22.9 Å². The Kier molecular flexibility index (Phi) is 4.16. The van der Waals surface area contributed by atoms with Crippen molar-refractivity contribution in [1.29, 1.82) is 0 Å². The maximum absolute atomic E-state index is 13.7. The fourth-order valence-corrected chi connectivity index (χ4v) is 2.82. The highest BCUT2D eigenvalue weighted by Gasteiger charge is 2.18.